The first-order valence-electron chi connectivity index (χ1n) is 6.98. The second-order valence-electron chi connectivity index (χ2n) is 6.45. The van der Waals surface area contributed by atoms with E-state index in [9.17, 15) is 0 Å². The molecule has 4 heteroatoms. The van der Waals surface area contributed by atoms with E-state index in [0.717, 1.165) is 25.1 Å². The summed E-state index contributed by atoms with van der Waals surface area (Å²) < 4.78 is 7.05. The van der Waals surface area contributed by atoms with E-state index in [1.807, 2.05) is 6.92 Å². The average molecular weight is 354 g/mol. The van der Waals surface area contributed by atoms with E-state index < -0.39 is 0 Å². The van der Waals surface area contributed by atoms with Crippen molar-refractivity contribution in [3.05, 3.63) is 43.9 Å². The zero-order chi connectivity index (χ0) is 14.3. The topological polar surface area (TPSA) is 25.2 Å². The summed E-state index contributed by atoms with van der Waals surface area (Å²) in [6.07, 6.45) is 2.20. The molecule has 1 aliphatic carbocycles. The predicted octanol–water partition coefficient (Wildman–Crippen LogP) is 5.22. The lowest BCUT2D eigenvalue weighted by Crippen LogP contribution is -2.32. The van der Waals surface area contributed by atoms with E-state index in [-0.39, 0.29) is 0 Å². The summed E-state index contributed by atoms with van der Waals surface area (Å²) in [5.74, 6) is 2.20. The van der Waals surface area contributed by atoms with E-state index in [1.54, 1.807) is 11.3 Å². The Morgan fingerprint density at radius 1 is 1.45 bits per heavy atom. The summed E-state index contributed by atoms with van der Waals surface area (Å²) >= 11 is 5.30. The number of rotatable bonds is 3. The van der Waals surface area contributed by atoms with Crippen LogP contribution < -0.4 is 5.32 Å². The van der Waals surface area contributed by atoms with Crippen LogP contribution in [0.25, 0.3) is 0 Å². The lowest BCUT2D eigenvalue weighted by atomic mass is 9.75. The van der Waals surface area contributed by atoms with Crippen LogP contribution >= 0.6 is 27.3 Å². The van der Waals surface area contributed by atoms with Crippen molar-refractivity contribution in [2.45, 2.75) is 46.2 Å². The number of nitrogens with one attached hydrogen (secondary N) is 1. The van der Waals surface area contributed by atoms with Crippen molar-refractivity contribution in [2.75, 3.05) is 0 Å². The maximum absolute atomic E-state index is 5.88. The highest BCUT2D eigenvalue weighted by Gasteiger charge is 2.34. The van der Waals surface area contributed by atoms with Crippen LogP contribution in [-0.2, 0) is 13.0 Å². The van der Waals surface area contributed by atoms with Gasteiger partial charge in [0.1, 0.15) is 11.5 Å². The molecule has 0 radical (unpaired) electrons. The Morgan fingerprint density at radius 2 is 2.25 bits per heavy atom. The number of hydrogen-bond acceptors (Lipinski definition) is 3. The molecule has 1 N–H and O–H groups in total. The highest BCUT2D eigenvalue weighted by molar-refractivity contribution is 9.10. The second kappa shape index (κ2) is 5.32. The summed E-state index contributed by atoms with van der Waals surface area (Å²) in [6, 6.07) is 4.78. The summed E-state index contributed by atoms with van der Waals surface area (Å²) in [4.78, 5) is 1.36. The van der Waals surface area contributed by atoms with Gasteiger partial charge in [0.2, 0.25) is 0 Å². The molecule has 2 heterocycles. The Labute approximate surface area is 132 Å². The molecule has 0 amide bonds. The molecule has 1 aliphatic rings. The van der Waals surface area contributed by atoms with E-state index in [0.29, 0.717) is 11.5 Å². The molecule has 2 aromatic rings. The molecule has 0 saturated heterocycles. The minimum Gasteiger partial charge on any atom is -0.466 e. The molecule has 2 aromatic heterocycles. The van der Waals surface area contributed by atoms with Crippen molar-refractivity contribution >= 4 is 27.3 Å². The molecule has 0 saturated carbocycles. The Bertz CT molecular complexity index is 614. The lowest BCUT2D eigenvalue weighted by molar-refractivity contribution is 0.234. The van der Waals surface area contributed by atoms with Crippen molar-refractivity contribution in [3.8, 4) is 0 Å². The molecule has 3 rings (SSSR count). The molecule has 0 fully saturated rings. The van der Waals surface area contributed by atoms with Gasteiger partial charge in [0, 0.05) is 39.3 Å². The first-order valence-corrected chi connectivity index (χ1v) is 8.66. The fourth-order valence-electron chi connectivity index (χ4n) is 3.04. The average Bonchev–Trinajstić information content (AvgIpc) is 2.90. The lowest BCUT2D eigenvalue weighted by Gasteiger charge is -2.34. The highest BCUT2D eigenvalue weighted by atomic mass is 79.9. The van der Waals surface area contributed by atoms with Crippen molar-refractivity contribution in [2.24, 2.45) is 5.41 Å². The first kappa shape index (κ1) is 14.4. The molecule has 2 nitrogen and oxygen atoms in total. The van der Waals surface area contributed by atoms with Gasteiger partial charge in [-0.05, 0) is 46.8 Å². The van der Waals surface area contributed by atoms with Gasteiger partial charge in [-0.2, -0.15) is 0 Å². The van der Waals surface area contributed by atoms with Crippen molar-refractivity contribution < 1.29 is 4.42 Å². The zero-order valence-electron chi connectivity index (χ0n) is 12.1. The van der Waals surface area contributed by atoms with Gasteiger partial charge in [0.05, 0.1) is 0 Å². The quantitative estimate of drug-likeness (QED) is 0.818. The first-order chi connectivity index (χ1) is 9.43. The van der Waals surface area contributed by atoms with Crippen LogP contribution in [0.15, 0.2) is 26.4 Å². The third kappa shape index (κ3) is 3.02. The molecule has 0 aromatic carbocycles. The Hall–Kier alpha value is -0.580. The highest BCUT2D eigenvalue weighted by Crippen LogP contribution is 2.42. The fourth-order valence-corrected chi connectivity index (χ4v) is 4.44. The molecular weight excluding hydrogens is 334 g/mol. The van der Waals surface area contributed by atoms with Crippen LogP contribution in [0, 0.1) is 12.3 Å². The summed E-state index contributed by atoms with van der Waals surface area (Å²) in [5.41, 5.74) is 1.66. The van der Waals surface area contributed by atoms with Crippen molar-refractivity contribution in [1.82, 2.24) is 5.32 Å². The van der Waals surface area contributed by atoms with E-state index in [2.05, 4.69) is 52.6 Å². The monoisotopic (exact) mass is 353 g/mol. The molecule has 0 aliphatic heterocycles. The number of hydrogen-bond donors (Lipinski definition) is 1. The van der Waals surface area contributed by atoms with Gasteiger partial charge in [-0.15, -0.1) is 11.3 Å². The van der Waals surface area contributed by atoms with Gasteiger partial charge in [-0.1, -0.05) is 13.8 Å². The maximum Gasteiger partial charge on any atom is 0.109 e. The molecule has 1 atom stereocenters. The molecule has 108 valence electrons. The van der Waals surface area contributed by atoms with Crippen LogP contribution in [0.2, 0.25) is 0 Å². The van der Waals surface area contributed by atoms with E-state index in [4.69, 9.17) is 4.42 Å². The normalized spacial score (nSPS) is 20.9. The Morgan fingerprint density at radius 3 is 2.95 bits per heavy atom. The Balaban J connectivity index is 1.78. The van der Waals surface area contributed by atoms with Gasteiger partial charge >= 0.3 is 0 Å². The van der Waals surface area contributed by atoms with Gasteiger partial charge in [0.15, 0.2) is 0 Å². The number of aryl methyl sites for hydroxylation is 1. The molecule has 0 bridgehead atoms. The summed E-state index contributed by atoms with van der Waals surface area (Å²) in [5, 5.41) is 5.84. The maximum atomic E-state index is 5.88. The molecule has 20 heavy (non-hydrogen) atoms. The number of fused-ring (bicyclic) bond motifs is 1. The van der Waals surface area contributed by atoms with Gasteiger partial charge in [0.25, 0.3) is 0 Å². The number of thiophene rings is 1. The van der Waals surface area contributed by atoms with E-state index >= 15 is 0 Å². The number of halogens is 1. The van der Waals surface area contributed by atoms with Gasteiger partial charge < -0.3 is 9.73 Å². The standard InChI is InChI=1S/C16H20BrNOS/c1-10-4-13-14(6-16(2,3)7-15(13)19-10)18-8-12-5-11(17)9-20-12/h4-5,9,14,18H,6-8H2,1-3H3. The smallest absolute Gasteiger partial charge is 0.109 e. The van der Waals surface area contributed by atoms with Crippen molar-refractivity contribution in [1.29, 1.82) is 0 Å². The predicted molar refractivity (Wildman–Crippen MR) is 87.1 cm³/mol. The van der Waals surface area contributed by atoms with Crippen LogP contribution in [0.3, 0.4) is 0 Å². The SMILES string of the molecule is Cc1cc2c(o1)CC(C)(C)CC2NCc1cc(Br)cs1. The third-order valence-electron chi connectivity index (χ3n) is 3.88. The third-order valence-corrected chi connectivity index (χ3v) is 5.58. The van der Waals surface area contributed by atoms with Crippen molar-refractivity contribution in [3.63, 3.8) is 0 Å². The Kier molecular flexibility index (Phi) is 3.82. The van der Waals surface area contributed by atoms with E-state index in [1.165, 1.54) is 20.7 Å². The largest absolute Gasteiger partial charge is 0.466 e. The second-order valence-corrected chi connectivity index (χ2v) is 8.36. The minimum absolute atomic E-state index is 0.297. The summed E-state index contributed by atoms with van der Waals surface area (Å²) in [7, 11) is 0. The minimum atomic E-state index is 0.297. The van der Waals surface area contributed by atoms with Crippen LogP contribution in [0.4, 0.5) is 0 Å². The molecular formula is C16H20BrNOS. The fraction of sp³-hybridized carbons (Fsp3) is 0.500. The molecule has 1 unspecified atom stereocenters. The van der Waals surface area contributed by atoms with Gasteiger partial charge in [-0.3, -0.25) is 0 Å². The van der Waals surface area contributed by atoms with Gasteiger partial charge in [-0.25, -0.2) is 0 Å². The number of furan rings is 1. The van der Waals surface area contributed by atoms with Crippen LogP contribution in [0.1, 0.15) is 48.3 Å². The molecule has 0 spiro atoms. The van der Waals surface area contributed by atoms with Crippen LogP contribution in [0.5, 0.6) is 0 Å². The van der Waals surface area contributed by atoms with Crippen LogP contribution in [-0.4, -0.2) is 0 Å². The zero-order valence-corrected chi connectivity index (χ0v) is 14.5. The summed E-state index contributed by atoms with van der Waals surface area (Å²) in [6.45, 7) is 7.61.